The Morgan fingerprint density at radius 2 is 1.49 bits per heavy atom. The quantitative estimate of drug-likeness (QED) is 0.280. The normalized spacial score (nSPS) is 14.2. The highest BCUT2D eigenvalue weighted by atomic mass is 35.5. The maximum atomic E-state index is 14.6. The number of rotatable bonds is 7. The fourth-order valence-corrected chi connectivity index (χ4v) is 3.86. The molecule has 14 heteroatoms. The van der Waals surface area contributed by atoms with Crippen LogP contribution in [0.2, 0.25) is 5.02 Å². The van der Waals surface area contributed by atoms with Gasteiger partial charge in [0.05, 0.1) is 28.7 Å². The minimum Gasteiger partial charge on any atom is -0.457 e. The summed E-state index contributed by atoms with van der Waals surface area (Å²) in [7, 11) is 0. The van der Waals surface area contributed by atoms with Crippen molar-refractivity contribution in [1.29, 1.82) is 0 Å². The van der Waals surface area contributed by atoms with Crippen molar-refractivity contribution in [2.24, 2.45) is 0 Å². The second-order valence-corrected chi connectivity index (χ2v) is 8.77. The molecule has 0 spiro atoms. The zero-order chi connectivity index (χ0) is 29.3. The van der Waals surface area contributed by atoms with Gasteiger partial charge in [0, 0.05) is 17.3 Å². The first-order valence-electron chi connectivity index (χ1n) is 10.9. The van der Waals surface area contributed by atoms with Crippen molar-refractivity contribution in [1.82, 2.24) is 0 Å². The highest BCUT2D eigenvalue weighted by Gasteiger charge is 2.41. The molecule has 3 aromatic carbocycles. The molecule has 3 nitrogen and oxygen atoms in total. The maximum absolute atomic E-state index is 14.6. The van der Waals surface area contributed by atoms with Crippen LogP contribution < -0.4 is 9.64 Å². The Kier molecular flexibility index (Phi) is 8.66. The molecule has 0 saturated carbocycles. The molecule has 2 unspecified atom stereocenters. The first kappa shape index (κ1) is 30.4. The van der Waals surface area contributed by atoms with E-state index in [9.17, 15) is 49.0 Å². The lowest BCUT2D eigenvalue weighted by atomic mass is 10.0. The van der Waals surface area contributed by atoms with Crippen LogP contribution in [0.1, 0.15) is 29.7 Å². The first-order chi connectivity index (χ1) is 17.9. The van der Waals surface area contributed by atoms with Gasteiger partial charge in [-0.1, -0.05) is 17.7 Å². The van der Waals surface area contributed by atoms with Gasteiger partial charge in [-0.25, -0.2) is 4.39 Å². The van der Waals surface area contributed by atoms with Crippen LogP contribution in [0.3, 0.4) is 0 Å². The van der Waals surface area contributed by atoms with Crippen LogP contribution in [0.4, 0.5) is 49.6 Å². The molecule has 2 atom stereocenters. The van der Waals surface area contributed by atoms with Gasteiger partial charge in [0.1, 0.15) is 17.3 Å². The Bertz CT molecular complexity index is 1310. The molecule has 0 aliphatic heterocycles. The highest BCUT2D eigenvalue weighted by molar-refractivity contribution is 6.31. The number of nitrogens with zero attached hydrogens (tertiary/aromatic N) is 1. The number of aliphatic hydroxyl groups excluding tert-OH is 1. The van der Waals surface area contributed by atoms with Crippen LogP contribution in [-0.4, -0.2) is 23.9 Å². The topological polar surface area (TPSA) is 32.7 Å². The van der Waals surface area contributed by atoms with Crippen LogP contribution in [0, 0.1) is 5.82 Å². The van der Waals surface area contributed by atoms with Crippen molar-refractivity contribution in [3.63, 3.8) is 0 Å². The molecule has 212 valence electrons. The minimum absolute atomic E-state index is 0.162. The van der Waals surface area contributed by atoms with Gasteiger partial charge in [0.2, 0.25) is 0 Å². The Balaban J connectivity index is 2.04. The van der Waals surface area contributed by atoms with Crippen molar-refractivity contribution in [3.05, 3.63) is 88.2 Å². The predicted octanol–water partition coefficient (Wildman–Crippen LogP) is 8.80. The fourth-order valence-electron chi connectivity index (χ4n) is 3.63. The summed E-state index contributed by atoms with van der Waals surface area (Å²) in [5, 5.41) is 9.11. The Labute approximate surface area is 220 Å². The second kappa shape index (κ2) is 11.1. The van der Waals surface area contributed by atoms with Crippen molar-refractivity contribution in [2.45, 2.75) is 37.6 Å². The van der Waals surface area contributed by atoms with E-state index in [-0.39, 0.29) is 17.2 Å². The van der Waals surface area contributed by atoms with Crippen LogP contribution >= 0.6 is 11.6 Å². The van der Waals surface area contributed by atoms with E-state index in [4.69, 9.17) is 16.3 Å². The molecule has 39 heavy (non-hydrogen) atoms. The molecule has 1 N–H and O–H groups in total. The Morgan fingerprint density at radius 3 is 2.08 bits per heavy atom. The lowest BCUT2D eigenvalue weighted by Crippen LogP contribution is -2.42. The number of aliphatic hydroxyl groups is 1. The minimum atomic E-state index is -5.13. The summed E-state index contributed by atoms with van der Waals surface area (Å²) in [6.07, 6.45) is -17.8. The number of anilines is 1. The molecule has 0 heterocycles. The third-order valence-electron chi connectivity index (χ3n) is 5.62. The number of benzene rings is 3. The van der Waals surface area contributed by atoms with Gasteiger partial charge in [-0.05, 0) is 55.5 Å². The SMILES string of the molecule is CC(c1cc(C(F)(F)F)ccc1F)N(CC(O)C(F)(F)F)c1cccc(Oc2ccc(Cl)c(C(F)(F)F)c2)c1. The van der Waals surface area contributed by atoms with E-state index in [0.717, 1.165) is 30.0 Å². The molecule has 0 amide bonds. The standard InChI is InChI=1S/C25H18ClF10NO2/c1-13(18-9-14(23(28,29)30)5-8-21(18)27)37(12-22(38)25(34,35)36)15-3-2-4-16(10-15)39-17-6-7-20(26)19(11-17)24(31,32)33/h2-11,13,22,38H,12H2,1H3. The fraction of sp³-hybridized carbons (Fsp3) is 0.280. The molecular formula is C25H18ClF10NO2. The number of hydrogen-bond donors (Lipinski definition) is 1. The Morgan fingerprint density at radius 1 is 0.846 bits per heavy atom. The lowest BCUT2D eigenvalue weighted by Gasteiger charge is -2.34. The summed E-state index contributed by atoms with van der Waals surface area (Å²) in [4.78, 5) is 0.798. The third kappa shape index (κ3) is 7.47. The number of hydrogen-bond acceptors (Lipinski definition) is 3. The van der Waals surface area contributed by atoms with E-state index in [1.807, 2.05) is 0 Å². The molecule has 3 aromatic rings. The van der Waals surface area contributed by atoms with Gasteiger partial charge < -0.3 is 14.7 Å². The van der Waals surface area contributed by atoms with Crippen molar-refractivity contribution in [3.8, 4) is 11.5 Å². The monoisotopic (exact) mass is 589 g/mol. The van der Waals surface area contributed by atoms with Crippen LogP contribution in [0.15, 0.2) is 60.7 Å². The van der Waals surface area contributed by atoms with Crippen molar-refractivity contribution >= 4 is 17.3 Å². The smallest absolute Gasteiger partial charge is 0.417 e. The molecule has 0 bridgehead atoms. The van der Waals surface area contributed by atoms with E-state index in [2.05, 4.69) is 0 Å². The zero-order valence-electron chi connectivity index (χ0n) is 19.6. The van der Waals surface area contributed by atoms with Crippen LogP contribution in [0.25, 0.3) is 0 Å². The molecule has 0 fully saturated rings. The molecule has 3 rings (SSSR count). The van der Waals surface area contributed by atoms with Crippen molar-refractivity contribution in [2.75, 3.05) is 11.4 Å². The number of alkyl halides is 9. The van der Waals surface area contributed by atoms with E-state index < -0.39 is 64.7 Å². The van der Waals surface area contributed by atoms with E-state index >= 15 is 0 Å². The summed E-state index contributed by atoms with van der Waals surface area (Å²) >= 11 is 5.58. The van der Waals surface area contributed by atoms with Crippen molar-refractivity contribution < 1.29 is 53.7 Å². The average Bonchev–Trinajstić information content (AvgIpc) is 2.81. The Hall–Kier alpha value is -3.19. The maximum Gasteiger partial charge on any atom is 0.417 e. The molecular weight excluding hydrogens is 572 g/mol. The second-order valence-electron chi connectivity index (χ2n) is 8.36. The largest absolute Gasteiger partial charge is 0.457 e. The van der Waals surface area contributed by atoms with Gasteiger partial charge in [0.25, 0.3) is 0 Å². The zero-order valence-corrected chi connectivity index (χ0v) is 20.4. The summed E-state index contributed by atoms with van der Waals surface area (Å²) < 4.78 is 139. The summed E-state index contributed by atoms with van der Waals surface area (Å²) in [6.45, 7) is -0.0903. The average molecular weight is 590 g/mol. The van der Waals surface area contributed by atoms with Gasteiger partial charge in [-0.2, -0.15) is 39.5 Å². The summed E-state index contributed by atoms with van der Waals surface area (Å²) in [5.74, 6) is -1.65. The first-order valence-corrected chi connectivity index (χ1v) is 11.3. The van der Waals surface area contributed by atoms with E-state index in [1.165, 1.54) is 18.2 Å². The molecule has 0 aromatic heterocycles. The van der Waals surface area contributed by atoms with Gasteiger partial charge in [-0.3, -0.25) is 0 Å². The van der Waals surface area contributed by atoms with Gasteiger partial charge in [0.15, 0.2) is 6.10 Å². The highest BCUT2D eigenvalue weighted by Crippen LogP contribution is 2.39. The lowest BCUT2D eigenvalue weighted by molar-refractivity contribution is -0.200. The molecule has 0 saturated heterocycles. The molecule has 0 radical (unpaired) electrons. The third-order valence-corrected chi connectivity index (χ3v) is 5.95. The van der Waals surface area contributed by atoms with Gasteiger partial charge >= 0.3 is 18.5 Å². The molecule has 0 aliphatic carbocycles. The predicted molar refractivity (Wildman–Crippen MR) is 122 cm³/mol. The van der Waals surface area contributed by atoms with E-state index in [1.54, 1.807) is 0 Å². The summed E-state index contributed by atoms with van der Waals surface area (Å²) in [5.41, 5.74) is -3.23. The number of halogens is 11. The van der Waals surface area contributed by atoms with Crippen LogP contribution in [0.5, 0.6) is 11.5 Å². The number of ether oxygens (including phenoxy) is 1. The van der Waals surface area contributed by atoms with E-state index in [0.29, 0.717) is 24.3 Å². The summed E-state index contributed by atoms with van der Waals surface area (Å²) in [6, 6.07) is 7.36. The molecule has 0 aliphatic rings. The van der Waals surface area contributed by atoms with Gasteiger partial charge in [-0.15, -0.1) is 0 Å². The van der Waals surface area contributed by atoms with Crippen LogP contribution in [-0.2, 0) is 12.4 Å².